The summed E-state index contributed by atoms with van der Waals surface area (Å²) in [5.41, 5.74) is 0.0780. The normalized spacial score (nSPS) is 47.2. The molecule has 8 heteroatoms. The average Bonchev–Trinajstić information content (AvgIpc) is 3.03. The number of carboxylic acids is 1. The van der Waals surface area contributed by atoms with Gasteiger partial charge >= 0.3 is 16.4 Å². The molecule has 4 aliphatic rings. The smallest absolute Gasteiger partial charge is 0.397 e. The van der Waals surface area contributed by atoms with E-state index in [-0.39, 0.29) is 35.2 Å². The van der Waals surface area contributed by atoms with Crippen LogP contribution in [0.1, 0.15) is 85.0 Å². The van der Waals surface area contributed by atoms with Crippen LogP contribution in [0.2, 0.25) is 0 Å². The summed E-state index contributed by atoms with van der Waals surface area (Å²) in [6.45, 7) is 6.82. The van der Waals surface area contributed by atoms with Crippen molar-refractivity contribution in [2.45, 2.75) is 97.2 Å². The SMILES string of the molecule is C[C@H](CCC(=O)O)[C@H]1CC[C@H]2[C@@H]3C(OS(=O)(=O)O)C[C@@H]4C[C@H](O)CC[C@]4(C)[C@H]3CC[C@]12C. The molecule has 10 atom stereocenters. The van der Waals surface area contributed by atoms with E-state index in [4.69, 9.17) is 9.29 Å². The highest BCUT2D eigenvalue weighted by molar-refractivity contribution is 7.80. The van der Waals surface area contributed by atoms with Gasteiger partial charge in [-0.15, -0.1) is 0 Å². The fourth-order valence-electron chi connectivity index (χ4n) is 8.96. The third-order valence-electron chi connectivity index (χ3n) is 10.5. The van der Waals surface area contributed by atoms with Gasteiger partial charge in [0.15, 0.2) is 0 Å². The molecule has 7 nitrogen and oxygen atoms in total. The summed E-state index contributed by atoms with van der Waals surface area (Å²) in [7, 11) is -4.57. The predicted octanol–water partition coefficient (Wildman–Crippen LogP) is 4.31. The van der Waals surface area contributed by atoms with E-state index in [2.05, 4.69) is 20.8 Å². The molecule has 0 amide bonds. The molecule has 4 aliphatic carbocycles. The molecule has 0 radical (unpaired) electrons. The first-order valence-corrected chi connectivity index (χ1v) is 13.8. The molecule has 1 unspecified atom stereocenters. The Hall–Kier alpha value is -0.700. The van der Waals surface area contributed by atoms with E-state index in [1.54, 1.807) is 0 Å². The van der Waals surface area contributed by atoms with Crippen LogP contribution in [0.5, 0.6) is 0 Å². The number of aliphatic hydroxyl groups is 1. The third-order valence-corrected chi connectivity index (χ3v) is 10.9. The number of fused-ring (bicyclic) bond motifs is 5. The Labute approximate surface area is 192 Å². The predicted molar refractivity (Wildman–Crippen MR) is 119 cm³/mol. The zero-order valence-corrected chi connectivity index (χ0v) is 20.4. The maximum absolute atomic E-state index is 11.8. The Balaban J connectivity index is 1.64. The van der Waals surface area contributed by atoms with Crippen molar-refractivity contribution >= 4 is 16.4 Å². The van der Waals surface area contributed by atoms with Crippen LogP contribution in [-0.2, 0) is 19.4 Å². The number of aliphatic carboxylic acids is 1. The highest BCUT2D eigenvalue weighted by Gasteiger charge is 2.63. The molecule has 0 aromatic carbocycles. The molecule has 0 saturated heterocycles. The van der Waals surface area contributed by atoms with Crippen LogP contribution in [0.4, 0.5) is 0 Å². The van der Waals surface area contributed by atoms with Crippen LogP contribution in [0, 0.1) is 46.3 Å². The lowest BCUT2D eigenvalue weighted by Crippen LogP contribution is -2.59. The van der Waals surface area contributed by atoms with Crippen molar-refractivity contribution in [1.29, 1.82) is 0 Å². The highest BCUT2D eigenvalue weighted by Crippen LogP contribution is 2.68. The van der Waals surface area contributed by atoms with Crippen LogP contribution >= 0.6 is 0 Å². The maximum Gasteiger partial charge on any atom is 0.397 e. The molecule has 4 rings (SSSR count). The Kier molecular flexibility index (Phi) is 6.49. The zero-order valence-electron chi connectivity index (χ0n) is 19.6. The lowest BCUT2D eigenvalue weighted by molar-refractivity contribution is -0.168. The number of carboxylic acid groups (broad SMARTS) is 1. The fraction of sp³-hybridized carbons (Fsp3) is 0.958. The van der Waals surface area contributed by atoms with Gasteiger partial charge in [0.1, 0.15) is 0 Å². The molecular formula is C24H40O7S. The fourth-order valence-corrected chi connectivity index (χ4v) is 9.48. The molecule has 0 aromatic rings. The van der Waals surface area contributed by atoms with Gasteiger partial charge in [-0.1, -0.05) is 20.8 Å². The maximum atomic E-state index is 11.8. The summed E-state index contributed by atoms with van der Waals surface area (Å²) >= 11 is 0. The molecule has 32 heavy (non-hydrogen) atoms. The largest absolute Gasteiger partial charge is 0.481 e. The Morgan fingerprint density at radius 1 is 1.06 bits per heavy atom. The van der Waals surface area contributed by atoms with Crippen molar-refractivity contribution in [3.05, 3.63) is 0 Å². The number of carbonyl (C=O) groups is 1. The van der Waals surface area contributed by atoms with Crippen molar-refractivity contribution in [2.24, 2.45) is 46.3 Å². The minimum absolute atomic E-state index is 0.0251. The molecule has 184 valence electrons. The summed E-state index contributed by atoms with van der Waals surface area (Å²) in [5.74, 6) is 0.821. The standard InChI is InChI=1S/C24H40O7S/c1-14(4-7-21(26)27)17-5-6-18-22-19(9-11-24(17,18)3)23(2)10-8-16(25)12-15(23)13-20(22)31-32(28,29)30/h14-20,22,25H,4-13H2,1-3H3,(H,26,27)(H,28,29,30)/t14-,15+,16-,17-,18+,19+,20?,22+,23+,24-/m1/s1. The van der Waals surface area contributed by atoms with Crippen molar-refractivity contribution in [2.75, 3.05) is 0 Å². The van der Waals surface area contributed by atoms with Crippen molar-refractivity contribution in [3.63, 3.8) is 0 Å². The molecular weight excluding hydrogens is 432 g/mol. The van der Waals surface area contributed by atoms with Gasteiger partial charge in [0.25, 0.3) is 0 Å². The van der Waals surface area contributed by atoms with E-state index < -0.39 is 22.5 Å². The first kappa shape index (κ1) is 24.4. The summed E-state index contributed by atoms with van der Waals surface area (Å²) in [6.07, 6.45) is 6.97. The second-order valence-corrected chi connectivity index (χ2v) is 12.9. The number of hydrogen-bond acceptors (Lipinski definition) is 5. The van der Waals surface area contributed by atoms with Gasteiger partial charge in [0.05, 0.1) is 12.2 Å². The van der Waals surface area contributed by atoms with E-state index in [0.717, 1.165) is 38.5 Å². The Morgan fingerprint density at radius 3 is 2.38 bits per heavy atom. The topological polar surface area (TPSA) is 121 Å². The monoisotopic (exact) mass is 472 g/mol. The van der Waals surface area contributed by atoms with E-state index in [9.17, 15) is 22.9 Å². The van der Waals surface area contributed by atoms with Crippen LogP contribution in [-0.4, -0.2) is 41.4 Å². The van der Waals surface area contributed by atoms with Gasteiger partial charge in [-0.05, 0) is 104 Å². The van der Waals surface area contributed by atoms with Crippen molar-refractivity contribution in [3.8, 4) is 0 Å². The molecule has 3 N–H and O–H groups in total. The van der Waals surface area contributed by atoms with Crippen molar-refractivity contribution in [1.82, 2.24) is 0 Å². The van der Waals surface area contributed by atoms with Gasteiger partial charge in [0, 0.05) is 6.42 Å². The minimum atomic E-state index is -4.57. The van der Waals surface area contributed by atoms with Gasteiger partial charge in [-0.2, -0.15) is 8.42 Å². The minimum Gasteiger partial charge on any atom is -0.481 e. The molecule has 4 fully saturated rings. The van der Waals surface area contributed by atoms with E-state index in [1.165, 1.54) is 0 Å². The second kappa shape index (κ2) is 8.51. The van der Waals surface area contributed by atoms with Gasteiger partial charge in [0.2, 0.25) is 0 Å². The second-order valence-electron chi connectivity index (χ2n) is 11.9. The number of hydrogen-bond donors (Lipinski definition) is 3. The van der Waals surface area contributed by atoms with Crippen LogP contribution in [0.25, 0.3) is 0 Å². The van der Waals surface area contributed by atoms with Gasteiger partial charge in [-0.25, -0.2) is 4.18 Å². The van der Waals surface area contributed by atoms with Crippen LogP contribution < -0.4 is 0 Å². The quantitative estimate of drug-likeness (QED) is 0.493. The van der Waals surface area contributed by atoms with E-state index in [1.807, 2.05) is 0 Å². The molecule has 4 saturated carbocycles. The first-order valence-electron chi connectivity index (χ1n) is 12.4. The summed E-state index contributed by atoms with van der Waals surface area (Å²) in [4.78, 5) is 11.1. The summed E-state index contributed by atoms with van der Waals surface area (Å²) in [5, 5.41) is 19.4. The van der Waals surface area contributed by atoms with Crippen LogP contribution in [0.3, 0.4) is 0 Å². The first-order chi connectivity index (χ1) is 14.8. The number of aliphatic hydroxyl groups excluding tert-OH is 1. The van der Waals surface area contributed by atoms with E-state index in [0.29, 0.717) is 42.9 Å². The van der Waals surface area contributed by atoms with Crippen LogP contribution in [0.15, 0.2) is 0 Å². The molecule has 0 spiro atoms. The third kappa shape index (κ3) is 4.25. The molecule has 0 aromatic heterocycles. The average molecular weight is 473 g/mol. The summed E-state index contributed by atoms with van der Waals surface area (Å²) in [6, 6.07) is 0. The zero-order chi connectivity index (χ0) is 23.5. The molecule has 0 heterocycles. The molecule has 0 aliphatic heterocycles. The van der Waals surface area contributed by atoms with Crippen molar-refractivity contribution < 1.29 is 32.2 Å². The van der Waals surface area contributed by atoms with Gasteiger partial charge < -0.3 is 10.2 Å². The molecule has 0 bridgehead atoms. The number of rotatable bonds is 6. The Bertz CT molecular complexity index is 828. The van der Waals surface area contributed by atoms with E-state index >= 15 is 0 Å². The Morgan fingerprint density at radius 2 is 1.72 bits per heavy atom. The summed E-state index contributed by atoms with van der Waals surface area (Å²) < 4.78 is 38.6. The lowest BCUT2D eigenvalue weighted by Gasteiger charge is -2.62. The lowest BCUT2D eigenvalue weighted by atomic mass is 9.43. The van der Waals surface area contributed by atoms with Gasteiger partial charge in [-0.3, -0.25) is 9.35 Å². The highest BCUT2D eigenvalue weighted by atomic mass is 32.3.